The van der Waals surface area contributed by atoms with Gasteiger partial charge in [0.1, 0.15) is 10.6 Å². The third-order valence-electron chi connectivity index (χ3n) is 2.92. The molecule has 1 saturated heterocycles. The number of carbonyl (C=O) groups is 1. The minimum absolute atomic E-state index is 0.229. The average molecular weight is 256 g/mol. The summed E-state index contributed by atoms with van der Waals surface area (Å²) in [6.45, 7) is 2.47. The van der Waals surface area contributed by atoms with E-state index in [4.69, 9.17) is 16.2 Å². The molecule has 1 aliphatic rings. The van der Waals surface area contributed by atoms with Gasteiger partial charge in [0.15, 0.2) is 5.82 Å². The highest BCUT2D eigenvalue weighted by molar-refractivity contribution is 7.11. The van der Waals surface area contributed by atoms with Crippen molar-refractivity contribution >= 4 is 28.3 Å². The molecule has 0 aromatic carbocycles. The smallest absolute Gasteiger partial charge is 0.255 e. The van der Waals surface area contributed by atoms with Crippen LogP contribution in [0.4, 0.5) is 10.8 Å². The van der Waals surface area contributed by atoms with Gasteiger partial charge in [-0.25, -0.2) is 0 Å². The molecule has 0 aliphatic carbocycles. The van der Waals surface area contributed by atoms with Gasteiger partial charge in [-0.05, 0) is 18.0 Å². The Morgan fingerprint density at radius 1 is 1.71 bits per heavy atom. The molecular formula is C10H16N4O2S. The molecule has 1 aromatic heterocycles. The molecule has 2 heterocycles. The summed E-state index contributed by atoms with van der Waals surface area (Å²) < 4.78 is 9.14. The Labute approximate surface area is 104 Å². The van der Waals surface area contributed by atoms with Crippen LogP contribution in [0, 0.1) is 5.92 Å². The first kappa shape index (κ1) is 12.1. The van der Waals surface area contributed by atoms with Crippen molar-refractivity contribution in [3.8, 4) is 0 Å². The third-order valence-corrected chi connectivity index (χ3v) is 3.85. The normalized spacial score (nSPS) is 19.8. The summed E-state index contributed by atoms with van der Waals surface area (Å²) >= 11 is 1.23. The number of hydrogen-bond donors (Lipinski definition) is 2. The van der Waals surface area contributed by atoms with Gasteiger partial charge >= 0.3 is 0 Å². The summed E-state index contributed by atoms with van der Waals surface area (Å²) in [7, 11) is 1.70. The highest BCUT2D eigenvalue weighted by Gasteiger charge is 2.28. The molecular weight excluding hydrogens is 240 g/mol. The number of aromatic nitrogens is 1. The van der Waals surface area contributed by atoms with Crippen LogP contribution in [0.1, 0.15) is 16.8 Å². The summed E-state index contributed by atoms with van der Waals surface area (Å²) in [5, 5.41) is 0.786. The average Bonchev–Trinajstić information content (AvgIpc) is 2.84. The lowest BCUT2D eigenvalue weighted by molar-refractivity contribution is 0.100. The fraction of sp³-hybridized carbons (Fsp3) is 0.600. The second kappa shape index (κ2) is 4.89. The Morgan fingerprint density at radius 2 is 2.47 bits per heavy atom. The number of anilines is 2. The first-order valence-electron chi connectivity index (χ1n) is 5.42. The molecule has 1 fully saturated rings. The molecule has 7 heteroatoms. The molecule has 1 unspecified atom stereocenters. The molecule has 1 aromatic rings. The van der Waals surface area contributed by atoms with Crippen LogP contribution in [0.3, 0.4) is 0 Å². The first-order valence-corrected chi connectivity index (χ1v) is 6.19. The molecule has 0 radical (unpaired) electrons. The molecule has 1 atom stereocenters. The van der Waals surface area contributed by atoms with E-state index in [0.29, 0.717) is 11.5 Å². The van der Waals surface area contributed by atoms with Gasteiger partial charge in [-0.1, -0.05) is 0 Å². The fourth-order valence-corrected chi connectivity index (χ4v) is 2.98. The van der Waals surface area contributed by atoms with Crippen LogP contribution in [0.2, 0.25) is 0 Å². The van der Waals surface area contributed by atoms with Crippen LogP contribution in [-0.2, 0) is 4.74 Å². The Hall–Kier alpha value is -1.34. The van der Waals surface area contributed by atoms with E-state index in [1.54, 1.807) is 7.11 Å². The lowest BCUT2D eigenvalue weighted by Gasteiger charge is -2.16. The molecule has 0 spiro atoms. The largest absolute Gasteiger partial charge is 0.384 e. The van der Waals surface area contributed by atoms with Gasteiger partial charge in [-0.15, -0.1) is 0 Å². The fourth-order valence-electron chi connectivity index (χ4n) is 2.13. The third kappa shape index (κ3) is 2.34. The number of nitrogens with zero attached hydrogens (tertiary/aromatic N) is 2. The number of rotatable bonds is 4. The van der Waals surface area contributed by atoms with Gasteiger partial charge in [0.25, 0.3) is 5.91 Å². The molecule has 94 valence electrons. The van der Waals surface area contributed by atoms with Gasteiger partial charge in [-0.3, -0.25) is 4.79 Å². The van der Waals surface area contributed by atoms with E-state index < -0.39 is 5.91 Å². The number of methoxy groups -OCH3 is 1. The molecule has 1 amide bonds. The number of nitrogen functional groups attached to an aromatic ring is 1. The quantitative estimate of drug-likeness (QED) is 0.807. The second-order valence-corrected chi connectivity index (χ2v) is 4.92. The Bertz CT molecular complexity index is 420. The van der Waals surface area contributed by atoms with Crippen LogP contribution in [0.5, 0.6) is 0 Å². The van der Waals surface area contributed by atoms with E-state index in [1.165, 1.54) is 11.5 Å². The number of ether oxygens (including phenoxy) is 1. The van der Waals surface area contributed by atoms with Gasteiger partial charge in [0.2, 0.25) is 0 Å². The van der Waals surface area contributed by atoms with E-state index in [-0.39, 0.29) is 5.82 Å². The van der Waals surface area contributed by atoms with E-state index in [9.17, 15) is 4.79 Å². The first-order chi connectivity index (χ1) is 8.13. The standard InChI is InChI=1S/C10H16N4O2S/c1-16-5-6-2-3-14(4-6)10-7(9(12)15)8(11)13-17-10/h6H,2-5H2,1H3,(H2,11,13)(H2,12,15). The van der Waals surface area contributed by atoms with Crippen molar-refractivity contribution in [3.63, 3.8) is 0 Å². The van der Waals surface area contributed by atoms with Crippen molar-refractivity contribution in [2.24, 2.45) is 11.7 Å². The molecule has 0 saturated carbocycles. The van der Waals surface area contributed by atoms with E-state index >= 15 is 0 Å². The number of nitrogens with two attached hydrogens (primary N) is 2. The molecule has 6 nitrogen and oxygen atoms in total. The lowest BCUT2D eigenvalue weighted by atomic mass is 10.1. The maximum atomic E-state index is 11.3. The summed E-state index contributed by atoms with van der Waals surface area (Å²) in [6, 6.07) is 0. The summed E-state index contributed by atoms with van der Waals surface area (Å²) in [4.78, 5) is 13.4. The molecule has 0 bridgehead atoms. The van der Waals surface area contributed by atoms with Crippen LogP contribution in [-0.4, -0.2) is 37.1 Å². The summed E-state index contributed by atoms with van der Waals surface area (Å²) in [6.07, 6.45) is 1.05. The monoisotopic (exact) mass is 256 g/mol. The Kier molecular flexibility index (Phi) is 3.49. The topological polar surface area (TPSA) is 94.5 Å². The van der Waals surface area contributed by atoms with Crippen molar-refractivity contribution < 1.29 is 9.53 Å². The van der Waals surface area contributed by atoms with Crippen molar-refractivity contribution in [2.45, 2.75) is 6.42 Å². The van der Waals surface area contributed by atoms with Gasteiger partial charge in [0, 0.05) is 26.1 Å². The minimum atomic E-state index is -0.513. The maximum Gasteiger partial charge on any atom is 0.255 e. The lowest BCUT2D eigenvalue weighted by Crippen LogP contribution is -2.23. The van der Waals surface area contributed by atoms with Crippen molar-refractivity contribution in [1.29, 1.82) is 0 Å². The van der Waals surface area contributed by atoms with Crippen LogP contribution in [0.15, 0.2) is 0 Å². The zero-order chi connectivity index (χ0) is 12.4. The van der Waals surface area contributed by atoms with Crippen molar-refractivity contribution in [1.82, 2.24) is 4.37 Å². The molecule has 4 N–H and O–H groups in total. The Balaban J connectivity index is 2.16. The number of amides is 1. The number of hydrogen-bond acceptors (Lipinski definition) is 6. The van der Waals surface area contributed by atoms with Gasteiger partial charge in [-0.2, -0.15) is 4.37 Å². The second-order valence-electron chi connectivity index (χ2n) is 4.17. The van der Waals surface area contributed by atoms with Crippen LogP contribution < -0.4 is 16.4 Å². The Morgan fingerprint density at radius 3 is 3.12 bits per heavy atom. The van der Waals surface area contributed by atoms with E-state index in [1.807, 2.05) is 0 Å². The van der Waals surface area contributed by atoms with E-state index in [0.717, 1.165) is 31.1 Å². The summed E-state index contributed by atoms with van der Waals surface area (Å²) in [5.74, 6) is 0.207. The van der Waals surface area contributed by atoms with E-state index in [2.05, 4.69) is 9.27 Å². The number of carbonyl (C=O) groups excluding carboxylic acids is 1. The molecule has 1 aliphatic heterocycles. The van der Waals surface area contributed by atoms with Crippen molar-refractivity contribution in [2.75, 3.05) is 37.4 Å². The molecule has 17 heavy (non-hydrogen) atoms. The van der Waals surface area contributed by atoms with Crippen LogP contribution >= 0.6 is 11.5 Å². The highest BCUT2D eigenvalue weighted by Crippen LogP contribution is 2.33. The maximum absolute atomic E-state index is 11.3. The highest BCUT2D eigenvalue weighted by atomic mass is 32.1. The van der Waals surface area contributed by atoms with Crippen molar-refractivity contribution in [3.05, 3.63) is 5.56 Å². The van der Waals surface area contributed by atoms with Gasteiger partial charge in [0.05, 0.1) is 6.61 Å². The number of primary amides is 1. The van der Waals surface area contributed by atoms with Gasteiger partial charge < -0.3 is 21.1 Å². The predicted octanol–water partition coefficient (Wildman–Crippen LogP) is 0.297. The summed E-state index contributed by atoms with van der Waals surface area (Å²) in [5.41, 5.74) is 11.3. The van der Waals surface area contributed by atoms with Crippen LogP contribution in [0.25, 0.3) is 0 Å². The predicted molar refractivity (Wildman–Crippen MR) is 67.2 cm³/mol. The zero-order valence-corrected chi connectivity index (χ0v) is 10.5. The SMILES string of the molecule is COCC1CCN(c2snc(N)c2C(N)=O)C1. The molecule has 2 rings (SSSR count). The minimum Gasteiger partial charge on any atom is -0.384 e. The zero-order valence-electron chi connectivity index (χ0n) is 9.68.